The Morgan fingerprint density at radius 1 is 1.24 bits per heavy atom. The Bertz CT molecular complexity index is 613. The Morgan fingerprint density at radius 2 is 2.10 bits per heavy atom. The number of aryl methyl sites for hydroxylation is 1. The van der Waals surface area contributed by atoms with E-state index in [9.17, 15) is 0 Å². The molecule has 2 rings (SSSR count). The van der Waals surface area contributed by atoms with Gasteiger partial charge in [-0.15, -0.1) is 6.58 Å². The van der Waals surface area contributed by atoms with Crippen molar-refractivity contribution in [3.8, 4) is 0 Å². The van der Waals surface area contributed by atoms with Gasteiger partial charge in [0.25, 0.3) is 0 Å². The Morgan fingerprint density at radius 3 is 2.86 bits per heavy atom. The average molecular weight is 303 g/mol. The smallest absolute Gasteiger partial charge is 0.225 e. The first kappa shape index (κ1) is 15.3. The predicted molar refractivity (Wildman–Crippen MR) is 89.1 cm³/mol. The quantitative estimate of drug-likeness (QED) is 0.766. The minimum absolute atomic E-state index is 0.611. The summed E-state index contributed by atoms with van der Waals surface area (Å²) in [6, 6.07) is 9.81. The van der Waals surface area contributed by atoms with E-state index in [0.717, 1.165) is 29.5 Å². The van der Waals surface area contributed by atoms with Crippen LogP contribution in [0, 0.1) is 6.92 Å². The van der Waals surface area contributed by atoms with Crippen LogP contribution in [0.2, 0.25) is 5.02 Å². The van der Waals surface area contributed by atoms with E-state index in [1.807, 2.05) is 31.2 Å². The lowest BCUT2D eigenvalue weighted by Gasteiger charge is -2.09. The van der Waals surface area contributed by atoms with Crippen LogP contribution in [0.4, 0.5) is 11.8 Å². The van der Waals surface area contributed by atoms with Crippen molar-refractivity contribution in [3.63, 3.8) is 0 Å². The van der Waals surface area contributed by atoms with E-state index in [1.54, 1.807) is 6.08 Å². The van der Waals surface area contributed by atoms with E-state index in [-0.39, 0.29) is 0 Å². The van der Waals surface area contributed by atoms with Gasteiger partial charge >= 0.3 is 0 Å². The van der Waals surface area contributed by atoms with Crippen LogP contribution in [0.1, 0.15) is 11.3 Å². The SMILES string of the molecule is C=CCNc1nc(C)cc(NCCc2cccc(Cl)c2)n1. The summed E-state index contributed by atoms with van der Waals surface area (Å²) in [5, 5.41) is 7.17. The Balaban J connectivity index is 1.93. The molecule has 1 aromatic carbocycles. The first-order valence-corrected chi connectivity index (χ1v) is 7.24. The molecule has 0 atom stereocenters. The molecule has 110 valence electrons. The number of nitrogens with zero attached hydrogens (tertiary/aromatic N) is 2. The molecular formula is C16H19ClN4. The monoisotopic (exact) mass is 302 g/mol. The van der Waals surface area contributed by atoms with Gasteiger partial charge in [0, 0.05) is 29.9 Å². The first-order chi connectivity index (χ1) is 10.2. The Hall–Kier alpha value is -2.07. The van der Waals surface area contributed by atoms with E-state index >= 15 is 0 Å². The number of anilines is 2. The summed E-state index contributed by atoms with van der Waals surface area (Å²) >= 11 is 5.97. The molecule has 0 aliphatic heterocycles. The van der Waals surface area contributed by atoms with E-state index in [1.165, 1.54) is 5.56 Å². The zero-order valence-electron chi connectivity index (χ0n) is 12.1. The first-order valence-electron chi connectivity index (χ1n) is 6.86. The summed E-state index contributed by atoms with van der Waals surface area (Å²) < 4.78 is 0. The highest BCUT2D eigenvalue weighted by Crippen LogP contribution is 2.12. The van der Waals surface area contributed by atoms with Crippen molar-refractivity contribution in [2.45, 2.75) is 13.3 Å². The van der Waals surface area contributed by atoms with E-state index in [0.29, 0.717) is 12.5 Å². The Labute approximate surface area is 130 Å². The fourth-order valence-corrected chi connectivity index (χ4v) is 2.14. The van der Waals surface area contributed by atoms with Crippen LogP contribution in [0.5, 0.6) is 0 Å². The van der Waals surface area contributed by atoms with Crippen molar-refractivity contribution in [1.29, 1.82) is 0 Å². The lowest BCUT2D eigenvalue weighted by atomic mass is 10.1. The van der Waals surface area contributed by atoms with Crippen molar-refractivity contribution < 1.29 is 0 Å². The van der Waals surface area contributed by atoms with E-state index in [2.05, 4.69) is 33.2 Å². The molecule has 0 bridgehead atoms. The lowest BCUT2D eigenvalue weighted by Crippen LogP contribution is -2.10. The molecule has 2 N–H and O–H groups in total. The van der Waals surface area contributed by atoms with Gasteiger partial charge < -0.3 is 10.6 Å². The van der Waals surface area contributed by atoms with Gasteiger partial charge in [-0.3, -0.25) is 0 Å². The molecule has 0 saturated carbocycles. The summed E-state index contributed by atoms with van der Waals surface area (Å²) in [7, 11) is 0. The van der Waals surface area contributed by atoms with Crippen molar-refractivity contribution >= 4 is 23.4 Å². The number of rotatable bonds is 7. The van der Waals surface area contributed by atoms with Gasteiger partial charge in [0.1, 0.15) is 5.82 Å². The molecule has 0 spiro atoms. The average Bonchev–Trinajstić information content (AvgIpc) is 2.45. The maximum Gasteiger partial charge on any atom is 0.225 e. The summed E-state index contributed by atoms with van der Waals surface area (Å²) in [5.74, 6) is 1.43. The van der Waals surface area contributed by atoms with E-state index < -0.39 is 0 Å². The van der Waals surface area contributed by atoms with Crippen molar-refractivity contribution in [2.75, 3.05) is 23.7 Å². The van der Waals surface area contributed by atoms with Crippen molar-refractivity contribution in [1.82, 2.24) is 9.97 Å². The summed E-state index contributed by atoms with van der Waals surface area (Å²) in [6.45, 7) is 7.05. The topological polar surface area (TPSA) is 49.8 Å². The fraction of sp³-hybridized carbons (Fsp3) is 0.250. The zero-order valence-corrected chi connectivity index (χ0v) is 12.8. The van der Waals surface area contributed by atoms with Crippen LogP contribution in [0.3, 0.4) is 0 Å². The van der Waals surface area contributed by atoms with Gasteiger partial charge in [-0.25, -0.2) is 4.98 Å². The minimum atomic E-state index is 0.611. The maximum atomic E-state index is 5.97. The summed E-state index contributed by atoms with van der Waals surface area (Å²) in [6.07, 6.45) is 2.66. The highest BCUT2D eigenvalue weighted by Gasteiger charge is 2.01. The van der Waals surface area contributed by atoms with Crippen LogP contribution in [0.15, 0.2) is 43.0 Å². The second-order valence-electron chi connectivity index (χ2n) is 4.69. The zero-order chi connectivity index (χ0) is 15.1. The predicted octanol–water partition coefficient (Wildman–Crippen LogP) is 3.69. The molecule has 0 aliphatic rings. The third-order valence-electron chi connectivity index (χ3n) is 2.87. The van der Waals surface area contributed by atoms with Crippen LogP contribution >= 0.6 is 11.6 Å². The summed E-state index contributed by atoms with van der Waals surface area (Å²) in [5.41, 5.74) is 2.12. The highest BCUT2D eigenvalue weighted by atomic mass is 35.5. The number of benzene rings is 1. The minimum Gasteiger partial charge on any atom is -0.370 e. The largest absolute Gasteiger partial charge is 0.370 e. The Kier molecular flexibility index (Phi) is 5.58. The number of nitrogens with one attached hydrogen (secondary N) is 2. The molecular weight excluding hydrogens is 284 g/mol. The van der Waals surface area contributed by atoms with Crippen LogP contribution in [-0.2, 0) is 6.42 Å². The molecule has 0 amide bonds. The molecule has 1 heterocycles. The lowest BCUT2D eigenvalue weighted by molar-refractivity contribution is 0.991. The standard InChI is InChI=1S/C16H19ClN4/c1-3-8-19-16-20-12(2)10-15(21-16)18-9-7-13-5-4-6-14(17)11-13/h3-6,10-11H,1,7-9H2,2H3,(H2,18,19,20,21). The third kappa shape index (κ3) is 5.08. The van der Waals surface area contributed by atoms with Gasteiger partial charge in [0.15, 0.2) is 0 Å². The number of hydrogen-bond donors (Lipinski definition) is 2. The number of halogens is 1. The second kappa shape index (κ2) is 7.64. The van der Waals surface area contributed by atoms with Gasteiger partial charge in [-0.05, 0) is 31.0 Å². The molecule has 21 heavy (non-hydrogen) atoms. The molecule has 5 heteroatoms. The van der Waals surface area contributed by atoms with Crippen LogP contribution in [-0.4, -0.2) is 23.1 Å². The molecule has 0 fully saturated rings. The highest BCUT2D eigenvalue weighted by molar-refractivity contribution is 6.30. The van der Waals surface area contributed by atoms with Crippen LogP contribution < -0.4 is 10.6 Å². The second-order valence-corrected chi connectivity index (χ2v) is 5.13. The number of aromatic nitrogens is 2. The molecule has 2 aromatic rings. The third-order valence-corrected chi connectivity index (χ3v) is 3.10. The van der Waals surface area contributed by atoms with E-state index in [4.69, 9.17) is 11.6 Å². The molecule has 4 nitrogen and oxygen atoms in total. The van der Waals surface area contributed by atoms with Crippen LogP contribution in [0.25, 0.3) is 0 Å². The van der Waals surface area contributed by atoms with Gasteiger partial charge in [0.05, 0.1) is 0 Å². The number of hydrogen-bond acceptors (Lipinski definition) is 4. The molecule has 0 aliphatic carbocycles. The molecule has 0 radical (unpaired) electrons. The van der Waals surface area contributed by atoms with Gasteiger partial charge in [0.2, 0.25) is 5.95 Å². The fourth-order valence-electron chi connectivity index (χ4n) is 1.93. The maximum absolute atomic E-state index is 5.97. The van der Waals surface area contributed by atoms with Crippen molar-refractivity contribution in [2.24, 2.45) is 0 Å². The molecule has 0 saturated heterocycles. The molecule has 0 unspecified atom stereocenters. The molecule has 1 aromatic heterocycles. The van der Waals surface area contributed by atoms with Gasteiger partial charge in [-0.1, -0.05) is 29.8 Å². The summed E-state index contributed by atoms with van der Waals surface area (Å²) in [4.78, 5) is 8.73. The van der Waals surface area contributed by atoms with Crippen molar-refractivity contribution in [3.05, 3.63) is 59.3 Å². The van der Waals surface area contributed by atoms with Gasteiger partial charge in [-0.2, -0.15) is 4.98 Å². The normalized spacial score (nSPS) is 10.2.